The maximum atomic E-state index is 12.6. The van der Waals surface area contributed by atoms with Gasteiger partial charge in [-0.3, -0.25) is 14.2 Å². The molecule has 5 rings (SSSR count). The van der Waals surface area contributed by atoms with Crippen LogP contribution in [0.3, 0.4) is 0 Å². The maximum Gasteiger partial charge on any atom is 0.252 e. The van der Waals surface area contributed by atoms with E-state index in [4.69, 9.17) is 0 Å². The summed E-state index contributed by atoms with van der Waals surface area (Å²) in [7, 11) is 0. The number of anilines is 2. The number of carbonyl (C=O) groups is 1. The molecule has 4 aromatic rings. The molecule has 4 heterocycles. The SMILES string of the molecule is C=CC(=O)N1CC(CCn2c(=O)ccc3cnc(Nc4cnn(-c5ccccc5)c4)nc32)C1. The average Bonchev–Trinajstić information content (AvgIpc) is 3.28. The number of fused-ring (bicyclic) bond motifs is 1. The highest BCUT2D eigenvalue weighted by atomic mass is 16.2. The lowest BCUT2D eigenvalue weighted by Crippen LogP contribution is -2.49. The molecule has 1 amide bonds. The first kappa shape index (κ1) is 20.6. The lowest BCUT2D eigenvalue weighted by atomic mass is 9.96. The molecule has 1 fully saturated rings. The zero-order valence-electron chi connectivity index (χ0n) is 18.0. The predicted molar refractivity (Wildman–Crippen MR) is 126 cm³/mol. The van der Waals surface area contributed by atoms with Crippen LogP contribution < -0.4 is 10.9 Å². The number of hydrogen-bond donors (Lipinski definition) is 1. The van der Waals surface area contributed by atoms with Crippen LogP contribution in [-0.4, -0.2) is 48.2 Å². The molecule has 0 unspecified atom stereocenters. The summed E-state index contributed by atoms with van der Waals surface area (Å²) in [4.78, 5) is 35.0. The highest BCUT2D eigenvalue weighted by Gasteiger charge is 2.28. The molecule has 0 saturated carbocycles. The molecule has 0 radical (unpaired) electrons. The number of benzene rings is 1. The normalized spacial score (nSPS) is 13.6. The van der Waals surface area contributed by atoms with Gasteiger partial charge in [0, 0.05) is 37.3 Å². The molecule has 1 aliphatic heterocycles. The van der Waals surface area contributed by atoms with Crippen molar-refractivity contribution in [1.82, 2.24) is 29.2 Å². The van der Waals surface area contributed by atoms with E-state index in [1.165, 1.54) is 12.1 Å². The van der Waals surface area contributed by atoms with Crippen LogP contribution in [0.1, 0.15) is 6.42 Å². The fourth-order valence-electron chi connectivity index (χ4n) is 3.96. The molecule has 9 nitrogen and oxygen atoms in total. The van der Waals surface area contributed by atoms with Crippen molar-refractivity contribution in [2.75, 3.05) is 18.4 Å². The third kappa shape index (κ3) is 4.25. The zero-order valence-corrected chi connectivity index (χ0v) is 18.0. The third-order valence-corrected chi connectivity index (χ3v) is 5.79. The van der Waals surface area contributed by atoms with Gasteiger partial charge in [-0.25, -0.2) is 9.67 Å². The molecule has 0 spiro atoms. The van der Waals surface area contributed by atoms with Gasteiger partial charge in [0.05, 0.1) is 23.8 Å². The number of nitrogens with zero attached hydrogens (tertiary/aromatic N) is 6. The molecule has 166 valence electrons. The highest BCUT2D eigenvalue weighted by Crippen LogP contribution is 2.21. The van der Waals surface area contributed by atoms with Gasteiger partial charge in [0.2, 0.25) is 11.9 Å². The lowest BCUT2D eigenvalue weighted by molar-refractivity contribution is -0.132. The summed E-state index contributed by atoms with van der Waals surface area (Å²) in [6.07, 6.45) is 7.38. The second-order valence-electron chi connectivity index (χ2n) is 8.03. The first-order chi connectivity index (χ1) is 16.1. The van der Waals surface area contributed by atoms with Crippen LogP contribution in [0, 0.1) is 5.92 Å². The van der Waals surface area contributed by atoms with E-state index in [-0.39, 0.29) is 11.5 Å². The van der Waals surface area contributed by atoms with E-state index >= 15 is 0 Å². The molecule has 1 saturated heterocycles. The minimum Gasteiger partial charge on any atom is -0.338 e. The number of aromatic nitrogens is 5. The van der Waals surface area contributed by atoms with Gasteiger partial charge in [-0.2, -0.15) is 10.1 Å². The largest absolute Gasteiger partial charge is 0.338 e. The lowest BCUT2D eigenvalue weighted by Gasteiger charge is -2.38. The summed E-state index contributed by atoms with van der Waals surface area (Å²) in [6.45, 7) is 5.43. The summed E-state index contributed by atoms with van der Waals surface area (Å²) in [5.41, 5.74) is 2.16. The second kappa shape index (κ2) is 8.70. The van der Waals surface area contributed by atoms with Gasteiger partial charge in [0.25, 0.3) is 5.56 Å². The molecule has 3 aromatic heterocycles. The summed E-state index contributed by atoms with van der Waals surface area (Å²) >= 11 is 0. The average molecular weight is 441 g/mol. The Kier molecular flexibility index (Phi) is 5.43. The van der Waals surface area contributed by atoms with Crippen molar-refractivity contribution >= 4 is 28.6 Å². The molecule has 33 heavy (non-hydrogen) atoms. The van der Waals surface area contributed by atoms with Crippen molar-refractivity contribution in [1.29, 1.82) is 0 Å². The van der Waals surface area contributed by atoms with Crippen molar-refractivity contribution in [2.45, 2.75) is 13.0 Å². The van der Waals surface area contributed by atoms with E-state index in [1.807, 2.05) is 36.5 Å². The highest BCUT2D eigenvalue weighted by molar-refractivity contribution is 5.87. The number of hydrogen-bond acceptors (Lipinski definition) is 6. The van der Waals surface area contributed by atoms with Crippen molar-refractivity contribution < 1.29 is 4.79 Å². The molecule has 1 N–H and O–H groups in total. The van der Waals surface area contributed by atoms with Crippen molar-refractivity contribution in [3.63, 3.8) is 0 Å². The van der Waals surface area contributed by atoms with E-state index in [2.05, 4.69) is 27.0 Å². The molecule has 9 heteroatoms. The molecule has 0 bridgehead atoms. The van der Waals surface area contributed by atoms with Crippen LogP contribution in [-0.2, 0) is 11.3 Å². The number of rotatable bonds is 7. The van der Waals surface area contributed by atoms with E-state index < -0.39 is 0 Å². The van der Waals surface area contributed by atoms with E-state index in [0.29, 0.717) is 37.1 Å². The predicted octanol–water partition coefficient (Wildman–Crippen LogP) is 2.76. The van der Waals surface area contributed by atoms with Crippen molar-refractivity contribution in [3.05, 3.63) is 84.1 Å². The van der Waals surface area contributed by atoms with Gasteiger partial charge >= 0.3 is 0 Å². The number of pyridine rings is 1. The summed E-state index contributed by atoms with van der Waals surface area (Å²) < 4.78 is 3.44. The van der Waals surface area contributed by atoms with Crippen LogP contribution in [0.4, 0.5) is 11.6 Å². The number of aryl methyl sites for hydroxylation is 1. The van der Waals surface area contributed by atoms with Gasteiger partial charge in [0.15, 0.2) is 0 Å². The number of nitrogens with one attached hydrogen (secondary N) is 1. The summed E-state index contributed by atoms with van der Waals surface area (Å²) in [6, 6.07) is 13.1. The van der Waals surface area contributed by atoms with Gasteiger partial charge in [-0.1, -0.05) is 24.8 Å². The number of amides is 1. The number of para-hydroxylation sites is 1. The van der Waals surface area contributed by atoms with Crippen molar-refractivity contribution in [3.8, 4) is 5.69 Å². The van der Waals surface area contributed by atoms with E-state index in [1.54, 1.807) is 32.6 Å². The fourth-order valence-corrected chi connectivity index (χ4v) is 3.96. The first-order valence-corrected chi connectivity index (χ1v) is 10.8. The smallest absolute Gasteiger partial charge is 0.252 e. The molecular weight excluding hydrogens is 418 g/mol. The summed E-state index contributed by atoms with van der Waals surface area (Å²) in [5, 5.41) is 8.33. The fraction of sp³-hybridized carbons (Fsp3) is 0.208. The Bertz CT molecular complexity index is 1370. The minimum atomic E-state index is -0.109. The second-order valence-corrected chi connectivity index (χ2v) is 8.03. The number of likely N-dealkylation sites (tertiary alicyclic amines) is 1. The molecule has 0 atom stereocenters. The Morgan fingerprint density at radius 3 is 2.76 bits per heavy atom. The molecule has 0 aliphatic carbocycles. The van der Waals surface area contributed by atoms with Crippen molar-refractivity contribution in [2.24, 2.45) is 5.92 Å². The van der Waals surface area contributed by atoms with E-state index in [0.717, 1.165) is 23.2 Å². The van der Waals surface area contributed by atoms with Crippen LogP contribution >= 0.6 is 0 Å². The topological polar surface area (TPSA) is 97.9 Å². The van der Waals surface area contributed by atoms with Crippen LogP contribution in [0.2, 0.25) is 0 Å². The Morgan fingerprint density at radius 1 is 1.15 bits per heavy atom. The Labute approximate surface area is 190 Å². The van der Waals surface area contributed by atoms with Gasteiger partial charge in [0.1, 0.15) is 5.65 Å². The Morgan fingerprint density at radius 2 is 1.97 bits per heavy atom. The Balaban J connectivity index is 1.33. The van der Waals surface area contributed by atoms with Crippen LogP contribution in [0.5, 0.6) is 0 Å². The zero-order chi connectivity index (χ0) is 22.8. The standard InChI is InChI=1S/C24H23N7O2/c1-2-21(32)29-14-17(15-29)10-11-30-22(33)9-8-18-12-25-24(28-23(18)30)27-19-13-26-31(16-19)20-6-4-3-5-7-20/h2-9,12-13,16-17H,1,10-11,14-15H2,(H,25,27,28). The van der Waals surface area contributed by atoms with Gasteiger partial charge in [-0.05, 0) is 36.6 Å². The monoisotopic (exact) mass is 441 g/mol. The third-order valence-electron chi connectivity index (χ3n) is 5.79. The molecule has 1 aromatic carbocycles. The molecule has 1 aliphatic rings. The van der Waals surface area contributed by atoms with Crippen LogP contribution in [0.25, 0.3) is 16.7 Å². The van der Waals surface area contributed by atoms with E-state index in [9.17, 15) is 9.59 Å². The summed E-state index contributed by atoms with van der Waals surface area (Å²) in [5.74, 6) is 0.702. The van der Waals surface area contributed by atoms with Gasteiger partial charge in [-0.15, -0.1) is 0 Å². The maximum absolute atomic E-state index is 12.6. The quantitative estimate of drug-likeness (QED) is 0.443. The molecular formula is C24H23N7O2. The number of carbonyl (C=O) groups excluding carboxylic acids is 1. The minimum absolute atomic E-state index is 0.0485. The Hall–Kier alpha value is -4.27. The van der Waals surface area contributed by atoms with Crippen LogP contribution in [0.15, 0.2) is 78.5 Å². The van der Waals surface area contributed by atoms with Gasteiger partial charge < -0.3 is 10.2 Å². The first-order valence-electron chi connectivity index (χ1n) is 10.8.